The molecule has 0 saturated carbocycles. The molecule has 56 heavy (non-hydrogen) atoms. The summed E-state index contributed by atoms with van der Waals surface area (Å²) in [6.07, 6.45) is 0. The number of fused-ring (bicyclic) bond motifs is 6. The number of hydrogen-bond donors (Lipinski definition) is 0. The number of nitrogens with zero attached hydrogens (tertiary/aromatic N) is 4. The number of para-hydroxylation sites is 1. The number of benzene rings is 8. The topological polar surface area (TPSA) is 56.7 Å². The van der Waals surface area contributed by atoms with Gasteiger partial charge in [0.05, 0.1) is 22.1 Å². The zero-order valence-corrected chi connectivity index (χ0v) is 30.2. The molecule has 0 saturated heterocycles. The Hall–Kier alpha value is -7.63. The molecule has 0 spiro atoms. The summed E-state index contributed by atoms with van der Waals surface area (Å²) in [6, 6.07) is 67.4. The first-order valence-electron chi connectivity index (χ1n) is 18.8. The SMILES string of the molecule is c1ccc(-c2ccc3c4ccccc4n(-c4ccc(-c5ccccc5)c5oc6cc(-c7nc(-c8ccccc8)nc(-c8ccccc8)n7)ccc6c45)c3c2)cc1. The maximum Gasteiger partial charge on any atom is 0.164 e. The summed E-state index contributed by atoms with van der Waals surface area (Å²) in [5.74, 6) is 1.82. The highest BCUT2D eigenvalue weighted by molar-refractivity contribution is 6.17. The van der Waals surface area contributed by atoms with Crippen LogP contribution in [0.3, 0.4) is 0 Å². The van der Waals surface area contributed by atoms with Crippen LogP contribution in [-0.2, 0) is 0 Å². The smallest absolute Gasteiger partial charge is 0.164 e. The van der Waals surface area contributed by atoms with Crippen LogP contribution in [0.2, 0.25) is 0 Å². The standard InChI is InChI=1S/C51H32N4O/c1-5-15-33(16-6-1)37-25-27-41-40-23-13-14-24-43(40)55(45(41)31-37)44-30-29-39(34-17-7-2-8-18-34)48-47(44)42-28-26-38(32-46(42)56-48)51-53-49(35-19-9-3-10-20-35)52-50(54-51)36-21-11-4-12-22-36/h1-32H. The number of aromatic nitrogens is 4. The van der Waals surface area contributed by atoms with Gasteiger partial charge in [-0.25, -0.2) is 15.0 Å². The molecule has 11 rings (SSSR count). The summed E-state index contributed by atoms with van der Waals surface area (Å²) < 4.78 is 9.41. The Morgan fingerprint density at radius 2 is 0.875 bits per heavy atom. The fraction of sp³-hybridized carbons (Fsp3) is 0. The first kappa shape index (κ1) is 31.9. The van der Waals surface area contributed by atoms with Crippen LogP contribution in [0.1, 0.15) is 0 Å². The third-order valence-corrected chi connectivity index (χ3v) is 10.7. The van der Waals surface area contributed by atoms with Gasteiger partial charge in [-0.05, 0) is 53.1 Å². The molecule has 5 nitrogen and oxygen atoms in total. The van der Waals surface area contributed by atoms with Gasteiger partial charge in [-0.3, -0.25) is 0 Å². The van der Waals surface area contributed by atoms with Crippen molar-refractivity contribution in [1.29, 1.82) is 0 Å². The normalized spacial score (nSPS) is 11.6. The highest BCUT2D eigenvalue weighted by Crippen LogP contribution is 2.43. The Kier molecular flexibility index (Phi) is 7.42. The van der Waals surface area contributed by atoms with Crippen molar-refractivity contribution >= 4 is 43.7 Å². The fourth-order valence-corrected chi connectivity index (χ4v) is 8.01. The quantitative estimate of drug-likeness (QED) is 0.172. The molecule has 0 fully saturated rings. The van der Waals surface area contributed by atoms with Gasteiger partial charge < -0.3 is 8.98 Å². The molecule has 0 aliphatic carbocycles. The third-order valence-electron chi connectivity index (χ3n) is 10.7. The van der Waals surface area contributed by atoms with Gasteiger partial charge in [0, 0.05) is 38.4 Å². The van der Waals surface area contributed by atoms with Gasteiger partial charge in [0.25, 0.3) is 0 Å². The molecule has 3 heterocycles. The van der Waals surface area contributed by atoms with Gasteiger partial charge in [0.1, 0.15) is 11.2 Å². The molecule has 0 aliphatic rings. The van der Waals surface area contributed by atoms with E-state index < -0.39 is 0 Å². The van der Waals surface area contributed by atoms with E-state index in [1.165, 1.54) is 21.9 Å². The lowest BCUT2D eigenvalue weighted by atomic mass is 10.00. The van der Waals surface area contributed by atoms with Crippen molar-refractivity contribution in [2.45, 2.75) is 0 Å². The van der Waals surface area contributed by atoms with Crippen LogP contribution < -0.4 is 0 Å². The van der Waals surface area contributed by atoms with Gasteiger partial charge in [-0.1, -0.05) is 158 Å². The van der Waals surface area contributed by atoms with Crippen molar-refractivity contribution in [2.75, 3.05) is 0 Å². The first-order valence-corrected chi connectivity index (χ1v) is 18.8. The van der Waals surface area contributed by atoms with E-state index in [1.807, 2.05) is 66.7 Å². The van der Waals surface area contributed by atoms with Gasteiger partial charge in [-0.2, -0.15) is 0 Å². The van der Waals surface area contributed by atoms with Crippen LogP contribution in [-0.4, -0.2) is 19.5 Å². The number of hydrogen-bond acceptors (Lipinski definition) is 4. The minimum atomic E-state index is 0.583. The Balaban J connectivity index is 1.17. The molecule has 0 bridgehead atoms. The molecule has 5 heteroatoms. The van der Waals surface area contributed by atoms with Gasteiger partial charge >= 0.3 is 0 Å². The van der Waals surface area contributed by atoms with Crippen LogP contribution in [0.25, 0.3) is 106 Å². The van der Waals surface area contributed by atoms with Crippen molar-refractivity contribution in [3.8, 4) is 62.1 Å². The second kappa shape index (κ2) is 13.0. The van der Waals surface area contributed by atoms with E-state index in [0.717, 1.165) is 66.5 Å². The maximum absolute atomic E-state index is 7.00. The summed E-state index contributed by atoms with van der Waals surface area (Å²) >= 11 is 0. The van der Waals surface area contributed by atoms with Crippen LogP contribution in [0.4, 0.5) is 0 Å². The molecule has 11 aromatic rings. The second-order valence-corrected chi connectivity index (χ2v) is 14.0. The van der Waals surface area contributed by atoms with E-state index in [-0.39, 0.29) is 0 Å². The van der Waals surface area contributed by atoms with E-state index in [0.29, 0.717) is 17.5 Å². The number of rotatable bonds is 6. The highest BCUT2D eigenvalue weighted by Gasteiger charge is 2.22. The Morgan fingerprint density at radius 3 is 1.54 bits per heavy atom. The predicted molar refractivity (Wildman–Crippen MR) is 229 cm³/mol. The van der Waals surface area contributed by atoms with Crippen LogP contribution in [0, 0.1) is 0 Å². The highest BCUT2D eigenvalue weighted by atomic mass is 16.3. The molecule has 262 valence electrons. The Labute approximate surface area is 322 Å². The summed E-state index contributed by atoms with van der Waals surface area (Å²) in [5.41, 5.74) is 12.1. The molecule has 3 aromatic heterocycles. The van der Waals surface area contributed by atoms with Crippen LogP contribution >= 0.6 is 0 Å². The summed E-state index contributed by atoms with van der Waals surface area (Å²) in [4.78, 5) is 14.9. The average molecular weight is 717 g/mol. The monoisotopic (exact) mass is 716 g/mol. The minimum absolute atomic E-state index is 0.583. The van der Waals surface area contributed by atoms with Crippen LogP contribution in [0.15, 0.2) is 199 Å². The van der Waals surface area contributed by atoms with E-state index in [4.69, 9.17) is 19.4 Å². The first-order chi connectivity index (χ1) is 27.8. The van der Waals surface area contributed by atoms with Gasteiger partial charge in [0.2, 0.25) is 0 Å². The summed E-state index contributed by atoms with van der Waals surface area (Å²) in [6.45, 7) is 0. The molecule has 0 amide bonds. The summed E-state index contributed by atoms with van der Waals surface area (Å²) in [5, 5.41) is 4.47. The van der Waals surface area contributed by atoms with Gasteiger partial charge in [-0.15, -0.1) is 0 Å². The molecule has 0 aliphatic heterocycles. The van der Waals surface area contributed by atoms with Crippen LogP contribution in [0.5, 0.6) is 0 Å². The van der Waals surface area contributed by atoms with Crippen molar-refractivity contribution in [3.63, 3.8) is 0 Å². The van der Waals surface area contributed by atoms with Crippen molar-refractivity contribution < 1.29 is 4.42 Å². The molecule has 0 unspecified atom stereocenters. The second-order valence-electron chi connectivity index (χ2n) is 14.0. The summed E-state index contributed by atoms with van der Waals surface area (Å²) in [7, 11) is 0. The molecule has 0 N–H and O–H groups in total. The zero-order valence-electron chi connectivity index (χ0n) is 30.2. The average Bonchev–Trinajstić information content (AvgIpc) is 3.83. The Morgan fingerprint density at radius 1 is 0.357 bits per heavy atom. The lowest BCUT2D eigenvalue weighted by Gasteiger charge is -2.13. The molecule has 8 aromatic carbocycles. The largest absolute Gasteiger partial charge is 0.455 e. The van der Waals surface area contributed by atoms with Crippen molar-refractivity contribution in [3.05, 3.63) is 194 Å². The van der Waals surface area contributed by atoms with Crippen molar-refractivity contribution in [2.24, 2.45) is 0 Å². The molecule has 0 atom stereocenters. The molecular formula is C51H32N4O. The Bertz CT molecular complexity index is 3170. The number of furan rings is 1. The molecule has 0 radical (unpaired) electrons. The van der Waals surface area contributed by atoms with E-state index in [9.17, 15) is 0 Å². The van der Waals surface area contributed by atoms with E-state index in [1.54, 1.807) is 0 Å². The predicted octanol–water partition coefficient (Wildman–Crippen LogP) is 13.2. The lowest BCUT2D eigenvalue weighted by Crippen LogP contribution is -2.00. The van der Waals surface area contributed by atoms with Crippen molar-refractivity contribution in [1.82, 2.24) is 19.5 Å². The van der Waals surface area contributed by atoms with Gasteiger partial charge in [0.15, 0.2) is 17.5 Å². The fourth-order valence-electron chi connectivity index (χ4n) is 8.01. The maximum atomic E-state index is 7.00. The minimum Gasteiger partial charge on any atom is -0.455 e. The van der Waals surface area contributed by atoms with E-state index >= 15 is 0 Å². The lowest BCUT2D eigenvalue weighted by molar-refractivity contribution is 0.670. The molecular weight excluding hydrogens is 685 g/mol. The zero-order chi connectivity index (χ0) is 37.0. The van der Waals surface area contributed by atoms with E-state index in [2.05, 4.69) is 132 Å². The third kappa shape index (κ3) is 5.29.